The lowest BCUT2D eigenvalue weighted by molar-refractivity contribution is -0.0106. The van der Waals surface area contributed by atoms with Gasteiger partial charge in [0.15, 0.2) is 0 Å². The number of phenolic OH excluding ortho intramolecular Hbond substituents is 1. The molecule has 2 rings (SSSR count). The molecule has 1 unspecified atom stereocenters. The summed E-state index contributed by atoms with van der Waals surface area (Å²) in [5, 5.41) is 13.7. The predicted molar refractivity (Wildman–Crippen MR) is 70.5 cm³/mol. The Morgan fingerprint density at radius 3 is 2.79 bits per heavy atom. The summed E-state index contributed by atoms with van der Waals surface area (Å²) in [7, 11) is 1.60. The second kappa shape index (κ2) is 4.89. The number of ether oxygens (including phenoxy) is 1. The second-order valence-corrected chi connectivity index (χ2v) is 4.49. The number of aromatic nitrogens is 2. The van der Waals surface area contributed by atoms with Gasteiger partial charge >= 0.3 is 0 Å². The maximum absolute atomic E-state index is 9.83. The number of aromatic hydroxyl groups is 1. The van der Waals surface area contributed by atoms with Gasteiger partial charge in [-0.25, -0.2) is 0 Å². The number of benzene rings is 1. The molecule has 6 heteroatoms. The molecule has 0 saturated heterocycles. The lowest BCUT2D eigenvalue weighted by Crippen LogP contribution is -2.24. The molecule has 0 fully saturated rings. The fourth-order valence-electron chi connectivity index (χ4n) is 1.67. The van der Waals surface area contributed by atoms with Gasteiger partial charge < -0.3 is 20.1 Å². The summed E-state index contributed by atoms with van der Waals surface area (Å²) in [6.45, 7) is 3.85. The first-order chi connectivity index (χ1) is 9.00. The highest BCUT2D eigenvalue weighted by molar-refractivity contribution is 5.66. The number of methoxy groups -OCH3 is 1. The van der Waals surface area contributed by atoms with Crippen molar-refractivity contribution in [3.63, 3.8) is 0 Å². The summed E-state index contributed by atoms with van der Waals surface area (Å²) in [6, 6.07) is 4.74. The molecule has 1 atom stereocenters. The largest absolute Gasteiger partial charge is 0.507 e. The Labute approximate surface area is 111 Å². The number of nitrogen functional groups attached to an aromatic ring is 1. The molecule has 0 aliphatic carbocycles. The van der Waals surface area contributed by atoms with E-state index in [0.29, 0.717) is 23.5 Å². The Morgan fingerprint density at radius 2 is 2.21 bits per heavy atom. The van der Waals surface area contributed by atoms with Gasteiger partial charge in [-0.05, 0) is 25.5 Å². The molecule has 2 aromatic rings. The number of hydrogen-bond donors (Lipinski definition) is 2. The molecule has 1 aromatic carbocycles. The van der Waals surface area contributed by atoms with Crippen LogP contribution in [0.1, 0.15) is 26.1 Å². The first-order valence-corrected chi connectivity index (χ1v) is 5.98. The van der Waals surface area contributed by atoms with Crippen molar-refractivity contribution >= 4 is 5.69 Å². The van der Waals surface area contributed by atoms with Crippen molar-refractivity contribution in [1.29, 1.82) is 0 Å². The highest BCUT2D eigenvalue weighted by Crippen LogP contribution is 2.32. The Morgan fingerprint density at radius 1 is 1.47 bits per heavy atom. The van der Waals surface area contributed by atoms with Crippen molar-refractivity contribution in [3.8, 4) is 17.2 Å². The minimum absolute atomic E-state index is 0.00539. The topological polar surface area (TPSA) is 94.4 Å². The van der Waals surface area contributed by atoms with E-state index in [9.17, 15) is 5.11 Å². The summed E-state index contributed by atoms with van der Waals surface area (Å²) in [4.78, 5) is 4.28. The van der Waals surface area contributed by atoms with Gasteiger partial charge in [-0.2, -0.15) is 4.98 Å². The SMILES string of the molecule is CCC(C)(OC)c1noc(-c2ccc(N)cc2O)n1. The van der Waals surface area contributed by atoms with E-state index in [1.165, 1.54) is 6.07 Å². The molecule has 1 heterocycles. The first-order valence-electron chi connectivity index (χ1n) is 5.98. The minimum Gasteiger partial charge on any atom is -0.507 e. The zero-order valence-electron chi connectivity index (χ0n) is 11.2. The van der Waals surface area contributed by atoms with Crippen LogP contribution >= 0.6 is 0 Å². The third-order valence-electron chi connectivity index (χ3n) is 3.28. The van der Waals surface area contributed by atoms with Gasteiger partial charge in [0.25, 0.3) is 5.89 Å². The van der Waals surface area contributed by atoms with Crippen LogP contribution in [0.5, 0.6) is 5.75 Å². The zero-order valence-corrected chi connectivity index (χ0v) is 11.2. The van der Waals surface area contributed by atoms with E-state index in [-0.39, 0.29) is 11.6 Å². The fourth-order valence-corrected chi connectivity index (χ4v) is 1.67. The molecule has 0 amide bonds. The van der Waals surface area contributed by atoms with Crippen molar-refractivity contribution < 1.29 is 14.4 Å². The summed E-state index contributed by atoms with van der Waals surface area (Å²) < 4.78 is 10.6. The molecule has 102 valence electrons. The van der Waals surface area contributed by atoms with Crippen LogP contribution in [-0.4, -0.2) is 22.4 Å². The van der Waals surface area contributed by atoms with E-state index in [0.717, 1.165) is 0 Å². The Hall–Kier alpha value is -2.08. The molecule has 1 aromatic heterocycles. The van der Waals surface area contributed by atoms with Gasteiger partial charge in [0.1, 0.15) is 11.4 Å². The fraction of sp³-hybridized carbons (Fsp3) is 0.385. The number of anilines is 1. The number of rotatable bonds is 4. The van der Waals surface area contributed by atoms with Crippen LogP contribution in [0, 0.1) is 0 Å². The number of nitrogens with zero attached hydrogens (tertiary/aromatic N) is 2. The summed E-state index contributed by atoms with van der Waals surface area (Å²) in [5.41, 5.74) is 5.89. The van der Waals surface area contributed by atoms with E-state index in [1.54, 1.807) is 19.2 Å². The summed E-state index contributed by atoms with van der Waals surface area (Å²) >= 11 is 0. The van der Waals surface area contributed by atoms with E-state index >= 15 is 0 Å². The summed E-state index contributed by atoms with van der Waals surface area (Å²) in [5.74, 6) is 0.693. The van der Waals surface area contributed by atoms with E-state index in [2.05, 4.69) is 10.1 Å². The van der Waals surface area contributed by atoms with Crippen LogP contribution in [0.4, 0.5) is 5.69 Å². The highest BCUT2D eigenvalue weighted by atomic mass is 16.5. The minimum atomic E-state index is -0.606. The average Bonchev–Trinajstić information content (AvgIpc) is 2.88. The predicted octanol–water partition coefficient (Wildman–Crippen LogP) is 2.30. The van der Waals surface area contributed by atoms with Crippen molar-refractivity contribution in [2.24, 2.45) is 0 Å². The van der Waals surface area contributed by atoms with E-state index < -0.39 is 5.60 Å². The first kappa shape index (κ1) is 13.4. The van der Waals surface area contributed by atoms with Gasteiger partial charge in [-0.15, -0.1) is 0 Å². The monoisotopic (exact) mass is 263 g/mol. The highest BCUT2D eigenvalue weighted by Gasteiger charge is 2.30. The molecule has 0 spiro atoms. The van der Waals surface area contributed by atoms with Crippen LogP contribution in [0.2, 0.25) is 0 Å². The van der Waals surface area contributed by atoms with E-state index in [4.69, 9.17) is 15.0 Å². The molecule has 0 bridgehead atoms. The Bertz CT molecular complexity index is 576. The molecule has 0 radical (unpaired) electrons. The number of hydrogen-bond acceptors (Lipinski definition) is 6. The average molecular weight is 263 g/mol. The van der Waals surface area contributed by atoms with Crippen molar-refractivity contribution in [2.75, 3.05) is 12.8 Å². The van der Waals surface area contributed by atoms with Crippen molar-refractivity contribution in [1.82, 2.24) is 10.1 Å². The Kier molecular flexibility index (Phi) is 3.44. The third kappa shape index (κ3) is 2.39. The van der Waals surface area contributed by atoms with Crippen LogP contribution < -0.4 is 5.73 Å². The van der Waals surface area contributed by atoms with Crippen molar-refractivity contribution in [3.05, 3.63) is 24.0 Å². The Balaban J connectivity index is 2.41. The molecule has 3 N–H and O–H groups in total. The summed E-state index contributed by atoms with van der Waals surface area (Å²) in [6.07, 6.45) is 0.705. The second-order valence-electron chi connectivity index (χ2n) is 4.49. The molecule has 0 saturated carbocycles. The molecule has 19 heavy (non-hydrogen) atoms. The molecule has 0 aliphatic heterocycles. The van der Waals surface area contributed by atoms with Gasteiger partial charge in [-0.3, -0.25) is 0 Å². The van der Waals surface area contributed by atoms with Crippen LogP contribution in [0.3, 0.4) is 0 Å². The third-order valence-corrected chi connectivity index (χ3v) is 3.28. The molecular weight excluding hydrogens is 246 g/mol. The van der Waals surface area contributed by atoms with Gasteiger partial charge in [0.05, 0.1) is 5.56 Å². The van der Waals surface area contributed by atoms with Crippen molar-refractivity contribution in [2.45, 2.75) is 25.9 Å². The molecular formula is C13H17N3O3. The molecule has 6 nitrogen and oxygen atoms in total. The van der Waals surface area contributed by atoms with Crippen LogP contribution in [-0.2, 0) is 10.3 Å². The normalized spacial score (nSPS) is 14.3. The van der Waals surface area contributed by atoms with Gasteiger partial charge in [-0.1, -0.05) is 12.1 Å². The maximum Gasteiger partial charge on any atom is 0.261 e. The molecule has 0 aliphatic rings. The van der Waals surface area contributed by atoms with Crippen LogP contribution in [0.25, 0.3) is 11.5 Å². The number of nitrogens with two attached hydrogens (primary N) is 1. The van der Waals surface area contributed by atoms with Gasteiger partial charge in [0.2, 0.25) is 5.82 Å². The maximum atomic E-state index is 9.83. The lowest BCUT2D eigenvalue weighted by atomic mass is 10.0. The number of phenols is 1. The van der Waals surface area contributed by atoms with Gasteiger partial charge in [0, 0.05) is 18.9 Å². The zero-order chi connectivity index (χ0) is 14.0. The quantitative estimate of drug-likeness (QED) is 0.822. The lowest BCUT2D eigenvalue weighted by Gasteiger charge is -2.21. The van der Waals surface area contributed by atoms with Crippen LogP contribution in [0.15, 0.2) is 22.7 Å². The standard InChI is InChI=1S/C13H17N3O3/c1-4-13(2,18-3)12-15-11(19-16-12)9-6-5-8(14)7-10(9)17/h5-7,17H,4,14H2,1-3H3. The smallest absolute Gasteiger partial charge is 0.261 e. The van der Waals surface area contributed by atoms with E-state index in [1.807, 2.05) is 13.8 Å².